The zero-order chi connectivity index (χ0) is 14.7. The van der Waals surface area contributed by atoms with Crippen molar-refractivity contribution in [3.8, 4) is 5.75 Å². The van der Waals surface area contributed by atoms with Gasteiger partial charge in [0.05, 0.1) is 23.3 Å². The minimum Gasteiger partial charge on any atom is -0.486 e. The molecule has 0 atom stereocenters. The van der Waals surface area contributed by atoms with Gasteiger partial charge in [-0.15, -0.1) is 0 Å². The van der Waals surface area contributed by atoms with Crippen LogP contribution in [-0.4, -0.2) is 20.8 Å². The third kappa shape index (κ3) is 3.82. The molecule has 1 saturated carbocycles. The second-order valence-corrected chi connectivity index (χ2v) is 5.53. The molecule has 2 aromatic rings. The van der Waals surface area contributed by atoms with E-state index in [0.717, 1.165) is 35.8 Å². The van der Waals surface area contributed by atoms with Gasteiger partial charge >= 0.3 is 0 Å². The van der Waals surface area contributed by atoms with Crippen molar-refractivity contribution in [2.24, 2.45) is 7.05 Å². The maximum absolute atomic E-state index is 5.78. The van der Waals surface area contributed by atoms with E-state index in [1.165, 1.54) is 12.8 Å². The van der Waals surface area contributed by atoms with Crippen molar-refractivity contribution in [2.75, 3.05) is 0 Å². The van der Waals surface area contributed by atoms with Crippen LogP contribution in [0.25, 0.3) is 0 Å². The summed E-state index contributed by atoms with van der Waals surface area (Å²) >= 11 is 0. The van der Waals surface area contributed by atoms with Crippen molar-refractivity contribution in [1.82, 2.24) is 20.1 Å². The lowest BCUT2D eigenvalue weighted by Gasteiger charge is -2.07. The van der Waals surface area contributed by atoms with E-state index in [9.17, 15) is 0 Å². The molecule has 0 amide bonds. The van der Waals surface area contributed by atoms with Crippen molar-refractivity contribution in [1.29, 1.82) is 0 Å². The molecule has 1 aliphatic carbocycles. The summed E-state index contributed by atoms with van der Waals surface area (Å²) < 4.78 is 7.66. The zero-order valence-electron chi connectivity index (χ0n) is 12.7. The first-order valence-electron chi connectivity index (χ1n) is 7.57. The molecule has 0 bridgehead atoms. The quantitative estimate of drug-likeness (QED) is 0.848. The normalized spacial score (nSPS) is 14.4. The lowest BCUT2D eigenvalue weighted by atomic mass is 10.3. The predicted octanol–water partition coefficient (Wildman–Crippen LogP) is 2.21. The van der Waals surface area contributed by atoms with Crippen LogP contribution in [-0.2, 0) is 26.6 Å². The summed E-state index contributed by atoms with van der Waals surface area (Å²) in [6, 6.07) is 6.79. The van der Waals surface area contributed by atoms with Gasteiger partial charge in [-0.2, -0.15) is 5.10 Å². The van der Waals surface area contributed by atoms with E-state index in [4.69, 9.17) is 4.74 Å². The van der Waals surface area contributed by atoms with Crippen LogP contribution in [0.3, 0.4) is 0 Å². The second kappa shape index (κ2) is 6.26. The van der Waals surface area contributed by atoms with Gasteiger partial charge in [0.1, 0.15) is 12.4 Å². The molecule has 5 nitrogen and oxygen atoms in total. The molecule has 1 N–H and O–H groups in total. The monoisotopic (exact) mass is 286 g/mol. The van der Waals surface area contributed by atoms with Gasteiger partial charge in [-0.05, 0) is 37.5 Å². The first kappa shape index (κ1) is 14.1. The minimum absolute atomic E-state index is 0.519. The van der Waals surface area contributed by atoms with Gasteiger partial charge in [0.25, 0.3) is 0 Å². The fraction of sp³-hybridized carbons (Fsp3) is 0.500. The van der Waals surface area contributed by atoms with Crippen LogP contribution in [0.5, 0.6) is 5.75 Å². The van der Waals surface area contributed by atoms with Crippen LogP contribution < -0.4 is 10.1 Å². The molecule has 0 spiro atoms. The smallest absolute Gasteiger partial charge is 0.138 e. The van der Waals surface area contributed by atoms with E-state index in [2.05, 4.69) is 28.4 Å². The van der Waals surface area contributed by atoms with E-state index < -0.39 is 0 Å². The van der Waals surface area contributed by atoms with E-state index >= 15 is 0 Å². The lowest BCUT2D eigenvalue weighted by Crippen LogP contribution is -2.16. The SMILES string of the molecule is CCc1cc(COc2ccc(CNC3CC3)nc2)n(C)n1. The number of aryl methyl sites for hydroxylation is 2. The number of ether oxygens (including phenoxy) is 1. The Balaban J connectivity index is 1.53. The number of rotatable bonds is 7. The van der Waals surface area contributed by atoms with Crippen LogP contribution >= 0.6 is 0 Å². The maximum atomic E-state index is 5.78. The molecular formula is C16H22N4O. The Morgan fingerprint density at radius 2 is 2.19 bits per heavy atom. The second-order valence-electron chi connectivity index (χ2n) is 5.53. The Hall–Kier alpha value is -1.88. The summed E-state index contributed by atoms with van der Waals surface area (Å²) in [7, 11) is 1.95. The maximum Gasteiger partial charge on any atom is 0.138 e. The molecule has 0 aromatic carbocycles. The summed E-state index contributed by atoms with van der Waals surface area (Å²) in [5.41, 5.74) is 3.23. The summed E-state index contributed by atoms with van der Waals surface area (Å²) in [6.45, 7) is 3.46. The van der Waals surface area contributed by atoms with Crippen molar-refractivity contribution >= 4 is 0 Å². The average Bonchev–Trinajstić information content (AvgIpc) is 3.27. The first-order chi connectivity index (χ1) is 10.2. The molecule has 0 saturated heterocycles. The van der Waals surface area contributed by atoms with Crippen molar-refractivity contribution in [2.45, 2.75) is 45.4 Å². The fourth-order valence-corrected chi connectivity index (χ4v) is 2.17. The molecule has 0 unspecified atom stereocenters. The minimum atomic E-state index is 0.519. The van der Waals surface area contributed by atoms with E-state index in [1.54, 1.807) is 6.20 Å². The zero-order valence-corrected chi connectivity index (χ0v) is 12.7. The number of hydrogen-bond acceptors (Lipinski definition) is 4. The largest absolute Gasteiger partial charge is 0.486 e. The average molecular weight is 286 g/mol. The van der Waals surface area contributed by atoms with Gasteiger partial charge in [0.2, 0.25) is 0 Å². The topological polar surface area (TPSA) is 52.0 Å². The molecule has 112 valence electrons. The first-order valence-corrected chi connectivity index (χ1v) is 7.57. The number of aromatic nitrogens is 3. The molecule has 5 heteroatoms. The third-order valence-electron chi connectivity index (χ3n) is 3.72. The standard InChI is InChI=1S/C16H22N4O/c1-3-12-8-15(20(2)19-12)11-21-16-7-6-14(18-10-16)9-17-13-4-5-13/h6-8,10,13,17H,3-5,9,11H2,1-2H3. The highest BCUT2D eigenvalue weighted by molar-refractivity contribution is 5.20. The Labute approximate surface area is 125 Å². The molecular weight excluding hydrogens is 264 g/mol. The third-order valence-corrected chi connectivity index (χ3v) is 3.72. The van der Waals surface area contributed by atoms with E-state index in [0.29, 0.717) is 12.6 Å². The van der Waals surface area contributed by atoms with Crippen LogP contribution in [0, 0.1) is 0 Å². The Morgan fingerprint density at radius 1 is 1.33 bits per heavy atom. The van der Waals surface area contributed by atoms with Gasteiger partial charge in [-0.1, -0.05) is 6.92 Å². The Morgan fingerprint density at radius 3 is 2.81 bits per heavy atom. The number of pyridine rings is 1. The molecule has 1 fully saturated rings. The van der Waals surface area contributed by atoms with E-state index in [1.807, 2.05) is 23.9 Å². The molecule has 3 rings (SSSR count). The summed E-state index contributed by atoms with van der Waals surface area (Å²) in [4.78, 5) is 4.42. The molecule has 2 aromatic heterocycles. The summed E-state index contributed by atoms with van der Waals surface area (Å²) in [6.07, 6.45) is 5.33. The Bertz CT molecular complexity index is 587. The summed E-state index contributed by atoms with van der Waals surface area (Å²) in [5, 5.41) is 7.87. The number of hydrogen-bond donors (Lipinski definition) is 1. The van der Waals surface area contributed by atoms with Gasteiger partial charge < -0.3 is 10.1 Å². The van der Waals surface area contributed by atoms with E-state index in [-0.39, 0.29) is 0 Å². The molecule has 1 aliphatic rings. The van der Waals surface area contributed by atoms with Crippen LogP contribution in [0.2, 0.25) is 0 Å². The molecule has 21 heavy (non-hydrogen) atoms. The van der Waals surface area contributed by atoms with Crippen LogP contribution in [0.4, 0.5) is 0 Å². The van der Waals surface area contributed by atoms with Gasteiger partial charge in [0.15, 0.2) is 0 Å². The van der Waals surface area contributed by atoms with Crippen LogP contribution in [0.15, 0.2) is 24.4 Å². The van der Waals surface area contributed by atoms with Gasteiger partial charge in [-0.25, -0.2) is 0 Å². The lowest BCUT2D eigenvalue weighted by molar-refractivity contribution is 0.293. The number of nitrogens with zero attached hydrogens (tertiary/aromatic N) is 3. The fourth-order valence-electron chi connectivity index (χ4n) is 2.17. The van der Waals surface area contributed by atoms with Gasteiger partial charge in [0, 0.05) is 19.6 Å². The number of nitrogens with one attached hydrogen (secondary N) is 1. The Kier molecular flexibility index (Phi) is 4.20. The van der Waals surface area contributed by atoms with Crippen LogP contribution in [0.1, 0.15) is 36.8 Å². The van der Waals surface area contributed by atoms with Crippen molar-refractivity contribution in [3.05, 3.63) is 41.5 Å². The highest BCUT2D eigenvalue weighted by atomic mass is 16.5. The van der Waals surface area contributed by atoms with Crippen molar-refractivity contribution < 1.29 is 4.74 Å². The highest BCUT2D eigenvalue weighted by Gasteiger charge is 2.20. The van der Waals surface area contributed by atoms with Crippen molar-refractivity contribution in [3.63, 3.8) is 0 Å². The highest BCUT2D eigenvalue weighted by Crippen LogP contribution is 2.19. The molecule has 0 aliphatic heterocycles. The predicted molar refractivity (Wildman–Crippen MR) is 81.0 cm³/mol. The summed E-state index contributed by atoms with van der Waals surface area (Å²) in [5.74, 6) is 0.796. The van der Waals surface area contributed by atoms with Gasteiger partial charge in [-0.3, -0.25) is 9.67 Å². The molecule has 2 heterocycles. The molecule has 0 radical (unpaired) electrons.